The molecule has 0 amide bonds. The number of hydrogen-bond donors (Lipinski definition) is 0. The maximum absolute atomic E-state index is 8.91. The molecule has 1 atom stereocenters. The Morgan fingerprint density at radius 2 is 2.28 bits per heavy atom. The number of nitrogens with zero attached hydrogens (tertiary/aromatic N) is 3. The largest absolute Gasteiger partial charge is 0.345 e. The third-order valence-corrected chi connectivity index (χ3v) is 4.66. The molecule has 98 valence electrons. The van der Waals surface area contributed by atoms with E-state index in [0.29, 0.717) is 18.4 Å². The predicted molar refractivity (Wildman–Crippen MR) is 76.2 cm³/mol. The zero-order chi connectivity index (χ0) is 13.1. The van der Waals surface area contributed by atoms with Gasteiger partial charge >= 0.3 is 0 Å². The van der Waals surface area contributed by atoms with Gasteiger partial charge in [0.15, 0.2) is 5.13 Å². The summed E-state index contributed by atoms with van der Waals surface area (Å²) in [5.74, 6) is 0.401. The van der Waals surface area contributed by atoms with Crippen LogP contribution in [-0.2, 0) is 6.42 Å². The summed E-state index contributed by atoms with van der Waals surface area (Å²) < 4.78 is 0. The number of piperidine rings is 1. The third-order valence-electron chi connectivity index (χ3n) is 3.55. The topological polar surface area (TPSA) is 39.9 Å². The lowest BCUT2D eigenvalue weighted by atomic mass is 10.0. The average molecular weight is 263 g/mol. The van der Waals surface area contributed by atoms with Gasteiger partial charge in [-0.25, -0.2) is 4.98 Å². The molecule has 0 N–H and O–H groups in total. The Kier molecular flexibility index (Phi) is 4.23. The van der Waals surface area contributed by atoms with Crippen LogP contribution in [0.15, 0.2) is 0 Å². The Morgan fingerprint density at radius 3 is 2.89 bits per heavy atom. The molecule has 2 rings (SSSR count). The van der Waals surface area contributed by atoms with Crippen molar-refractivity contribution in [1.82, 2.24) is 4.98 Å². The van der Waals surface area contributed by atoms with E-state index in [0.717, 1.165) is 22.2 Å². The van der Waals surface area contributed by atoms with E-state index in [4.69, 9.17) is 10.2 Å². The summed E-state index contributed by atoms with van der Waals surface area (Å²) in [6, 6.07) is 2.84. The fourth-order valence-corrected chi connectivity index (χ4v) is 3.78. The van der Waals surface area contributed by atoms with Gasteiger partial charge in [-0.05, 0) is 32.1 Å². The molecule has 0 radical (unpaired) electrons. The first-order valence-corrected chi connectivity index (χ1v) is 7.58. The van der Waals surface area contributed by atoms with E-state index in [2.05, 4.69) is 31.7 Å². The van der Waals surface area contributed by atoms with Gasteiger partial charge in [0.2, 0.25) is 0 Å². The summed E-state index contributed by atoms with van der Waals surface area (Å²) in [4.78, 5) is 8.37. The molecule has 0 aromatic carbocycles. The van der Waals surface area contributed by atoms with Crippen LogP contribution in [0.3, 0.4) is 0 Å². The van der Waals surface area contributed by atoms with Crippen LogP contribution in [0.5, 0.6) is 0 Å². The van der Waals surface area contributed by atoms with Crippen LogP contribution in [0.2, 0.25) is 0 Å². The van der Waals surface area contributed by atoms with Crippen molar-refractivity contribution in [3.63, 3.8) is 0 Å². The molecule has 0 bridgehead atoms. The normalized spacial score (nSPS) is 20.2. The van der Waals surface area contributed by atoms with Crippen molar-refractivity contribution in [2.75, 3.05) is 11.4 Å². The molecule has 4 heteroatoms. The van der Waals surface area contributed by atoms with Gasteiger partial charge in [0.05, 0.1) is 18.2 Å². The summed E-state index contributed by atoms with van der Waals surface area (Å²) in [5, 5.41) is 10.0. The van der Waals surface area contributed by atoms with E-state index in [1.54, 1.807) is 11.3 Å². The molecule has 0 aliphatic carbocycles. The highest BCUT2D eigenvalue weighted by molar-refractivity contribution is 7.15. The van der Waals surface area contributed by atoms with Crippen molar-refractivity contribution in [3.05, 3.63) is 10.6 Å². The van der Waals surface area contributed by atoms with Crippen LogP contribution >= 0.6 is 11.3 Å². The zero-order valence-electron chi connectivity index (χ0n) is 11.4. The highest BCUT2D eigenvalue weighted by Gasteiger charge is 2.23. The maximum Gasteiger partial charge on any atom is 0.186 e. The number of aromatic nitrogens is 1. The Labute approximate surface area is 113 Å². The van der Waals surface area contributed by atoms with E-state index < -0.39 is 0 Å². The van der Waals surface area contributed by atoms with Crippen LogP contribution < -0.4 is 4.90 Å². The lowest BCUT2D eigenvalue weighted by molar-refractivity contribution is 0.483. The van der Waals surface area contributed by atoms with Crippen molar-refractivity contribution in [2.45, 2.75) is 58.4 Å². The lowest BCUT2D eigenvalue weighted by Crippen LogP contribution is -2.37. The molecule has 0 saturated carbocycles. The standard InChI is InChI=1S/C14H21N3S/c1-10(2)13-12(7-8-15)18-14(16-13)17-9-5-4-6-11(17)3/h10-11H,4-7,9H2,1-3H3. The molecule has 3 nitrogen and oxygen atoms in total. The van der Waals surface area contributed by atoms with Crippen LogP contribution in [0.4, 0.5) is 5.13 Å². The van der Waals surface area contributed by atoms with E-state index in [1.165, 1.54) is 19.3 Å². The van der Waals surface area contributed by atoms with Gasteiger partial charge in [-0.1, -0.05) is 13.8 Å². The number of hydrogen-bond acceptors (Lipinski definition) is 4. The number of thiazole rings is 1. The molecule has 1 aliphatic rings. The second kappa shape index (κ2) is 5.71. The van der Waals surface area contributed by atoms with Crippen LogP contribution in [0.25, 0.3) is 0 Å². The second-order valence-electron chi connectivity index (χ2n) is 5.33. The molecular formula is C14H21N3S. The predicted octanol–water partition coefficient (Wildman–Crippen LogP) is 3.71. The Bertz CT molecular complexity index is 444. The van der Waals surface area contributed by atoms with Crippen molar-refractivity contribution < 1.29 is 0 Å². The number of nitriles is 1. The molecule has 1 aliphatic heterocycles. The molecule has 1 unspecified atom stereocenters. The highest BCUT2D eigenvalue weighted by atomic mass is 32.1. The van der Waals surface area contributed by atoms with E-state index >= 15 is 0 Å². The van der Waals surface area contributed by atoms with Crippen molar-refractivity contribution in [1.29, 1.82) is 5.26 Å². The Hall–Kier alpha value is -1.08. The summed E-state index contributed by atoms with van der Waals surface area (Å²) in [6.07, 6.45) is 4.33. The molecule has 1 aromatic heterocycles. The molecule has 18 heavy (non-hydrogen) atoms. The van der Waals surface area contributed by atoms with Gasteiger partial charge in [0.25, 0.3) is 0 Å². The van der Waals surface area contributed by atoms with Gasteiger partial charge < -0.3 is 4.90 Å². The smallest absolute Gasteiger partial charge is 0.186 e. The SMILES string of the molecule is CC(C)c1nc(N2CCCCC2C)sc1CC#N. The van der Waals surface area contributed by atoms with Crippen LogP contribution in [0.1, 0.15) is 56.5 Å². The van der Waals surface area contributed by atoms with Gasteiger partial charge in [-0.2, -0.15) is 5.26 Å². The van der Waals surface area contributed by atoms with Crippen LogP contribution in [0, 0.1) is 11.3 Å². The monoisotopic (exact) mass is 263 g/mol. The van der Waals surface area contributed by atoms with Gasteiger partial charge in [0.1, 0.15) is 0 Å². The summed E-state index contributed by atoms with van der Waals surface area (Å²) >= 11 is 1.72. The Balaban J connectivity index is 2.28. The van der Waals surface area contributed by atoms with Gasteiger partial charge in [-0.15, -0.1) is 11.3 Å². The number of rotatable bonds is 3. The number of anilines is 1. The fraction of sp³-hybridized carbons (Fsp3) is 0.714. The quantitative estimate of drug-likeness (QED) is 0.834. The second-order valence-corrected chi connectivity index (χ2v) is 6.39. The fourth-order valence-electron chi connectivity index (χ4n) is 2.51. The van der Waals surface area contributed by atoms with Gasteiger partial charge in [0, 0.05) is 17.5 Å². The minimum Gasteiger partial charge on any atom is -0.345 e. The molecule has 0 spiro atoms. The first-order valence-electron chi connectivity index (χ1n) is 6.76. The summed E-state index contributed by atoms with van der Waals surface area (Å²) in [7, 11) is 0. The Morgan fingerprint density at radius 1 is 1.50 bits per heavy atom. The van der Waals surface area contributed by atoms with Gasteiger partial charge in [-0.3, -0.25) is 0 Å². The minimum absolute atomic E-state index is 0.401. The molecular weight excluding hydrogens is 242 g/mol. The van der Waals surface area contributed by atoms with Crippen molar-refractivity contribution in [3.8, 4) is 6.07 Å². The lowest BCUT2D eigenvalue weighted by Gasteiger charge is -2.33. The molecule has 1 fully saturated rings. The molecule has 1 saturated heterocycles. The third kappa shape index (κ3) is 2.67. The first-order chi connectivity index (χ1) is 8.63. The van der Waals surface area contributed by atoms with E-state index in [-0.39, 0.29) is 0 Å². The maximum atomic E-state index is 8.91. The van der Waals surface area contributed by atoms with Crippen LogP contribution in [-0.4, -0.2) is 17.6 Å². The van der Waals surface area contributed by atoms with E-state index in [9.17, 15) is 0 Å². The summed E-state index contributed by atoms with van der Waals surface area (Å²) in [5.41, 5.74) is 1.12. The summed E-state index contributed by atoms with van der Waals surface area (Å²) in [6.45, 7) is 7.69. The average Bonchev–Trinajstić information content (AvgIpc) is 2.74. The first kappa shape index (κ1) is 13.4. The minimum atomic E-state index is 0.401. The van der Waals surface area contributed by atoms with Crippen molar-refractivity contribution >= 4 is 16.5 Å². The van der Waals surface area contributed by atoms with Crippen molar-refractivity contribution in [2.24, 2.45) is 0 Å². The van der Waals surface area contributed by atoms with E-state index in [1.807, 2.05) is 0 Å². The molecule has 2 heterocycles. The zero-order valence-corrected chi connectivity index (χ0v) is 12.3. The highest BCUT2D eigenvalue weighted by Crippen LogP contribution is 2.34. The molecule has 1 aromatic rings.